The molecule has 2 N–H and O–H groups in total. The smallest absolute Gasteiger partial charge is 0.335 e. The van der Waals surface area contributed by atoms with Crippen molar-refractivity contribution in [2.45, 2.75) is 25.0 Å². The third-order valence-electron chi connectivity index (χ3n) is 4.94. The maximum atomic E-state index is 11.1. The highest BCUT2D eigenvalue weighted by molar-refractivity contribution is 6.30. The van der Waals surface area contributed by atoms with Gasteiger partial charge < -0.3 is 15.2 Å². The lowest BCUT2D eigenvalue weighted by molar-refractivity contribution is -0.0381. The van der Waals surface area contributed by atoms with Crippen molar-refractivity contribution < 1.29 is 14.6 Å². The zero-order valence-electron chi connectivity index (χ0n) is 13.0. The highest BCUT2D eigenvalue weighted by atomic mass is 35.5. The van der Waals surface area contributed by atoms with Gasteiger partial charge in [-0.15, -0.1) is 0 Å². The van der Waals surface area contributed by atoms with Crippen LogP contribution < -0.4 is 5.32 Å². The second-order valence-electron chi connectivity index (χ2n) is 6.38. The van der Waals surface area contributed by atoms with Crippen LogP contribution in [-0.2, 0) is 4.74 Å². The van der Waals surface area contributed by atoms with Crippen LogP contribution in [0.1, 0.15) is 46.5 Å². The predicted octanol–water partition coefficient (Wildman–Crippen LogP) is 4.67. The van der Waals surface area contributed by atoms with Crippen LogP contribution in [0.3, 0.4) is 0 Å². The first-order valence-corrected chi connectivity index (χ1v) is 8.52. The second kappa shape index (κ2) is 6.11. The summed E-state index contributed by atoms with van der Waals surface area (Å²) >= 11 is 6.17. The van der Waals surface area contributed by atoms with Crippen molar-refractivity contribution in [2.75, 3.05) is 11.9 Å². The number of halogens is 1. The van der Waals surface area contributed by atoms with E-state index in [1.54, 1.807) is 12.1 Å². The first-order valence-electron chi connectivity index (χ1n) is 8.14. The molecule has 2 aliphatic heterocycles. The number of carboxylic acid groups (broad SMARTS) is 1. The number of rotatable bonds is 2. The summed E-state index contributed by atoms with van der Waals surface area (Å²) in [6.45, 7) is 0.762. The lowest BCUT2D eigenvalue weighted by Gasteiger charge is -2.43. The standard InChI is InChI=1S/C19H18ClNO3/c20-13-7-8-16-15(10-13)18-14(2-1-9-24-18)17(21-16)11-3-5-12(6-4-11)19(22)23/h3-8,10,14,17-18,21H,1-2,9H2,(H,22,23)/t14-,17+,18+/m1/s1. The van der Waals surface area contributed by atoms with Crippen LogP contribution in [0.4, 0.5) is 5.69 Å². The number of fused-ring (bicyclic) bond motifs is 3. The monoisotopic (exact) mass is 343 g/mol. The Morgan fingerprint density at radius 2 is 2.00 bits per heavy atom. The molecular weight excluding hydrogens is 326 g/mol. The van der Waals surface area contributed by atoms with Gasteiger partial charge in [0.1, 0.15) is 0 Å². The molecule has 1 fully saturated rings. The van der Waals surface area contributed by atoms with Gasteiger partial charge in [-0.25, -0.2) is 4.79 Å². The molecule has 124 valence electrons. The summed E-state index contributed by atoms with van der Waals surface area (Å²) in [5, 5.41) is 13.4. The van der Waals surface area contributed by atoms with E-state index >= 15 is 0 Å². The first kappa shape index (κ1) is 15.5. The molecule has 0 aliphatic carbocycles. The molecular formula is C19H18ClNO3. The fraction of sp³-hybridized carbons (Fsp3) is 0.316. The zero-order valence-corrected chi connectivity index (χ0v) is 13.8. The summed E-state index contributed by atoms with van der Waals surface area (Å²) in [5.41, 5.74) is 3.54. The molecule has 2 aromatic carbocycles. The van der Waals surface area contributed by atoms with Gasteiger partial charge in [0.2, 0.25) is 0 Å². The van der Waals surface area contributed by atoms with Crippen LogP contribution in [0.15, 0.2) is 42.5 Å². The molecule has 0 bridgehead atoms. The summed E-state index contributed by atoms with van der Waals surface area (Å²) in [6.07, 6.45) is 2.12. The Balaban J connectivity index is 1.73. The van der Waals surface area contributed by atoms with E-state index < -0.39 is 5.97 Å². The number of carbonyl (C=O) groups is 1. The molecule has 0 amide bonds. The molecule has 24 heavy (non-hydrogen) atoms. The number of anilines is 1. The number of nitrogens with one attached hydrogen (secondary N) is 1. The van der Waals surface area contributed by atoms with Crippen molar-refractivity contribution in [1.82, 2.24) is 0 Å². The molecule has 2 aliphatic rings. The van der Waals surface area contributed by atoms with E-state index in [0.717, 1.165) is 36.3 Å². The van der Waals surface area contributed by atoms with Gasteiger partial charge in [0.15, 0.2) is 0 Å². The molecule has 0 saturated carbocycles. The fourth-order valence-corrected chi connectivity index (χ4v) is 3.99. The average molecular weight is 344 g/mol. The number of hydrogen-bond acceptors (Lipinski definition) is 3. The maximum Gasteiger partial charge on any atom is 0.335 e. The SMILES string of the molecule is O=C(O)c1ccc([C@@H]2Nc3ccc(Cl)cc3[C@H]3OCCC[C@@H]32)cc1. The minimum absolute atomic E-state index is 0.0258. The van der Waals surface area contributed by atoms with E-state index in [2.05, 4.69) is 5.32 Å². The summed E-state index contributed by atoms with van der Waals surface area (Å²) < 4.78 is 6.08. The van der Waals surface area contributed by atoms with Gasteiger partial charge in [-0.3, -0.25) is 0 Å². The van der Waals surface area contributed by atoms with Gasteiger partial charge in [-0.2, -0.15) is 0 Å². The van der Waals surface area contributed by atoms with Gasteiger partial charge >= 0.3 is 5.97 Å². The van der Waals surface area contributed by atoms with Crippen molar-refractivity contribution in [3.05, 3.63) is 64.2 Å². The molecule has 4 nitrogen and oxygen atoms in total. The lowest BCUT2D eigenvalue weighted by atomic mass is 9.77. The second-order valence-corrected chi connectivity index (χ2v) is 6.81. The molecule has 4 rings (SSSR count). The molecule has 5 heteroatoms. The maximum absolute atomic E-state index is 11.1. The van der Waals surface area contributed by atoms with Crippen molar-refractivity contribution in [2.24, 2.45) is 5.92 Å². The van der Waals surface area contributed by atoms with Gasteiger partial charge in [-0.1, -0.05) is 23.7 Å². The van der Waals surface area contributed by atoms with Crippen LogP contribution in [-0.4, -0.2) is 17.7 Å². The van der Waals surface area contributed by atoms with E-state index in [0.29, 0.717) is 16.5 Å². The number of ether oxygens (including phenoxy) is 1. The van der Waals surface area contributed by atoms with E-state index in [-0.39, 0.29) is 12.1 Å². The normalized spacial score (nSPS) is 25.3. The van der Waals surface area contributed by atoms with E-state index in [4.69, 9.17) is 21.4 Å². The van der Waals surface area contributed by atoms with E-state index in [1.807, 2.05) is 30.3 Å². The van der Waals surface area contributed by atoms with Crippen LogP contribution in [0.2, 0.25) is 5.02 Å². The highest BCUT2D eigenvalue weighted by Crippen LogP contribution is 2.49. The predicted molar refractivity (Wildman–Crippen MR) is 92.6 cm³/mol. The number of aromatic carboxylic acids is 1. The van der Waals surface area contributed by atoms with Crippen LogP contribution in [0.5, 0.6) is 0 Å². The molecule has 0 aromatic heterocycles. The third-order valence-corrected chi connectivity index (χ3v) is 5.18. The van der Waals surface area contributed by atoms with E-state index in [1.165, 1.54) is 0 Å². The Morgan fingerprint density at radius 1 is 1.21 bits per heavy atom. The van der Waals surface area contributed by atoms with Gasteiger partial charge in [0.05, 0.1) is 17.7 Å². The molecule has 0 radical (unpaired) electrons. The van der Waals surface area contributed by atoms with Gasteiger partial charge in [-0.05, 0) is 48.7 Å². The molecule has 1 saturated heterocycles. The van der Waals surface area contributed by atoms with Crippen molar-refractivity contribution in [1.29, 1.82) is 0 Å². The van der Waals surface area contributed by atoms with Crippen molar-refractivity contribution in [3.63, 3.8) is 0 Å². The van der Waals surface area contributed by atoms with Gasteiger partial charge in [0.25, 0.3) is 0 Å². The number of benzene rings is 2. The fourth-order valence-electron chi connectivity index (χ4n) is 3.80. The van der Waals surface area contributed by atoms with Crippen LogP contribution in [0.25, 0.3) is 0 Å². The summed E-state index contributed by atoms with van der Waals surface area (Å²) in [4.78, 5) is 11.1. The quantitative estimate of drug-likeness (QED) is 0.831. The minimum atomic E-state index is -0.906. The minimum Gasteiger partial charge on any atom is -0.478 e. The third kappa shape index (κ3) is 2.66. The van der Waals surface area contributed by atoms with Crippen LogP contribution in [0, 0.1) is 5.92 Å². The largest absolute Gasteiger partial charge is 0.478 e. The molecule has 0 spiro atoms. The molecule has 3 atom stereocenters. The number of carboxylic acids is 1. The molecule has 0 unspecified atom stereocenters. The lowest BCUT2D eigenvalue weighted by Crippen LogP contribution is -2.36. The zero-order chi connectivity index (χ0) is 16.7. The van der Waals surface area contributed by atoms with E-state index in [9.17, 15) is 4.79 Å². The van der Waals surface area contributed by atoms with Crippen molar-refractivity contribution in [3.8, 4) is 0 Å². The Kier molecular flexibility index (Phi) is 3.94. The van der Waals surface area contributed by atoms with Gasteiger partial charge in [0, 0.05) is 28.8 Å². The van der Waals surface area contributed by atoms with Crippen LogP contribution >= 0.6 is 11.6 Å². The average Bonchev–Trinajstić information content (AvgIpc) is 2.61. The summed E-state index contributed by atoms with van der Waals surface area (Å²) in [7, 11) is 0. The summed E-state index contributed by atoms with van der Waals surface area (Å²) in [5.74, 6) is -0.600. The Hall–Kier alpha value is -2.04. The Labute approximate surface area is 145 Å². The van der Waals surface area contributed by atoms with Crippen molar-refractivity contribution >= 4 is 23.3 Å². The summed E-state index contributed by atoms with van der Waals surface area (Å²) in [6, 6.07) is 13.1. The Morgan fingerprint density at radius 3 is 2.75 bits per heavy atom. The number of hydrogen-bond donors (Lipinski definition) is 2. The highest BCUT2D eigenvalue weighted by Gasteiger charge is 2.39. The molecule has 2 heterocycles. The first-order chi connectivity index (χ1) is 11.6. The molecule has 2 aromatic rings. The Bertz CT molecular complexity index is 775. The topological polar surface area (TPSA) is 58.6 Å².